The van der Waals surface area contributed by atoms with Crippen molar-refractivity contribution >= 4 is 27.3 Å². The zero-order chi connectivity index (χ0) is 18.7. The van der Waals surface area contributed by atoms with Gasteiger partial charge in [-0.2, -0.15) is 20.6 Å². The number of likely N-dealkylation sites (tertiary alicyclic amines) is 1. The quantitative estimate of drug-likeness (QED) is 0.731. The highest BCUT2D eigenvalue weighted by Crippen LogP contribution is 2.23. The lowest BCUT2D eigenvalue weighted by Crippen LogP contribution is -2.45. The summed E-state index contributed by atoms with van der Waals surface area (Å²) in [6.45, 7) is 1.10. The fourth-order valence-corrected chi connectivity index (χ4v) is 3.94. The van der Waals surface area contributed by atoms with Crippen molar-refractivity contribution < 1.29 is 17.7 Å². The molecule has 26 heavy (non-hydrogen) atoms. The van der Waals surface area contributed by atoms with Crippen LogP contribution >= 0.6 is 11.3 Å². The topological polar surface area (TPSA) is 96.6 Å². The number of carbonyl (C=O) groups is 1. The Morgan fingerprint density at radius 1 is 1.50 bits per heavy atom. The molecule has 1 amide bonds. The molecule has 2 aromatic heterocycles. The summed E-state index contributed by atoms with van der Waals surface area (Å²) in [5.74, 6) is 1.21. The molecule has 0 radical (unpaired) electrons. The normalized spacial score (nSPS) is 18.4. The van der Waals surface area contributed by atoms with E-state index in [4.69, 9.17) is 4.52 Å². The average molecular weight is 399 g/mol. The van der Waals surface area contributed by atoms with Gasteiger partial charge in [0.1, 0.15) is 0 Å². The predicted molar refractivity (Wildman–Crippen MR) is 98.1 cm³/mol. The Bertz CT molecular complexity index is 847. The zero-order valence-corrected chi connectivity index (χ0v) is 16.4. The summed E-state index contributed by atoms with van der Waals surface area (Å²) < 4.78 is 29.4. The number of hydrogen-bond acceptors (Lipinski definition) is 7. The van der Waals surface area contributed by atoms with Crippen LogP contribution in [0.4, 0.5) is 0 Å². The number of carbonyl (C=O) groups excluding carboxylic acids is 1. The Balaban J connectivity index is 1.58. The van der Waals surface area contributed by atoms with Crippen LogP contribution in [0.5, 0.6) is 0 Å². The smallest absolute Gasteiger partial charge is 0.237 e. The van der Waals surface area contributed by atoms with Crippen molar-refractivity contribution in [2.24, 2.45) is 5.92 Å². The molecule has 1 unspecified atom stereocenters. The molecule has 0 N–H and O–H groups in total. The molecule has 1 fully saturated rings. The van der Waals surface area contributed by atoms with E-state index in [1.807, 2.05) is 16.8 Å². The van der Waals surface area contributed by atoms with Crippen molar-refractivity contribution in [2.45, 2.75) is 19.3 Å². The van der Waals surface area contributed by atoms with E-state index < -0.39 is 10.0 Å². The van der Waals surface area contributed by atoms with Gasteiger partial charge in [-0.3, -0.25) is 4.79 Å². The molecule has 0 bridgehead atoms. The summed E-state index contributed by atoms with van der Waals surface area (Å²) in [6, 6.07) is 1.94. The van der Waals surface area contributed by atoms with Crippen LogP contribution in [0.1, 0.15) is 18.7 Å². The highest BCUT2D eigenvalue weighted by molar-refractivity contribution is 7.88. The molecular weight excluding hydrogens is 376 g/mol. The number of amides is 1. The van der Waals surface area contributed by atoms with Gasteiger partial charge in [-0.1, -0.05) is 5.16 Å². The van der Waals surface area contributed by atoms with E-state index in [1.54, 1.807) is 16.2 Å². The van der Waals surface area contributed by atoms with Crippen LogP contribution in [0.2, 0.25) is 0 Å². The summed E-state index contributed by atoms with van der Waals surface area (Å²) >= 11 is 1.58. The summed E-state index contributed by atoms with van der Waals surface area (Å²) in [5, 5.41) is 7.94. The Morgan fingerprint density at radius 3 is 3.00 bits per heavy atom. The molecule has 10 heteroatoms. The molecule has 1 aliphatic rings. The molecule has 142 valence electrons. The van der Waals surface area contributed by atoms with Gasteiger partial charge in [-0.05, 0) is 30.2 Å². The standard InChI is InChI=1S/C16H22N4O4S2/c1-19(26(2,22)23)10-15(21)20-6-3-4-12(9-20)8-14-17-16(18-24-14)13-5-7-25-11-13/h5,7,11-12H,3-4,6,8-10H2,1-2H3. The highest BCUT2D eigenvalue weighted by Gasteiger charge is 2.27. The lowest BCUT2D eigenvalue weighted by molar-refractivity contribution is -0.133. The van der Waals surface area contributed by atoms with Gasteiger partial charge in [-0.15, -0.1) is 0 Å². The Hall–Kier alpha value is -1.78. The van der Waals surface area contributed by atoms with Crippen molar-refractivity contribution in [1.29, 1.82) is 0 Å². The van der Waals surface area contributed by atoms with E-state index in [2.05, 4.69) is 10.1 Å². The van der Waals surface area contributed by atoms with Gasteiger partial charge in [0.25, 0.3) is 0 Å². The summed E-state index contributed by atoms with van der Waals surface area (Å²) in [4.78, 5) is 18.5. The minimum absolute atomic E-state index is 0.131. The first-order valence-electron chi connectivity index (χ1n) is 8.37. The average Bonchev–Trinajstić information content (AvgIpc) is 3.25. The van der Waals surface area contributed by atoms with E-state index in [9.17, 15) is 13.2 Å². The second-order valence-electron chi connectivity index (χ2n) is 6.59. The predicted octanol–water partition coefficient (Wildman–Crippen LogP) is 1.47. The number of aromatic nitrogens is 2. The third-order valence-corrected chi connectivity index (χ3v) is 6.45. The molecule has 1 saturated heterocycles. The molecule has 0 aromatic carbocycles. The lowest BCUT2D eigenvalue weighted by Gasteiger charge is -2.33. The molecule has 3 rings (SSSR count). The molecule has 8 nitrogen and oxygen atoms in total. The molecule has 1 aliphatic heterocycles. The van der Waals surface area contributed by atoms with Crippen molar-refractivity contribution in [3.63, 3.8) is 0 Å². The van der Waals surface area contributed by atoms with Gasteiger partial charge in [0, 0.05) is 37.5 Å². The molecule has 0 saturated carbocycles. The number of likely N-dealkylation sites (N-methyl/N-ethyl adjacent to an activating group) is 1. The van der Waals surface area contributed by atoms with Crippen LogP contribution in [0.25, 0.3) is 11.4 Å². The largest absolute Gasteiger partial charge is 0.341 e. The van der Waals surface area contributed by atoms with Crippen LogP contribution in [0, 0.1) is 5.92 Å². The van der Waals surface area contributed by atoms with E-state index in [-0.39, 0.29) is 18.4 Å². The van der Waals surface area contributed by atoms with Gasteiger partial charge in [-0.25, -0.2) is 8.42 Å². The maximum Gasteiger partial charge on any atom is 0.237 e. The Kier molecular flexibility index (Phi) is 5.73. The van der Waals surface area contributed by atoms with Gasteiger partial charge >= 0.3 is 0 Å². The maximum atomic E-state index is 12.4. The first-order chi connectivity index (χ1) is 12.3. The molecular formula is C16H22N4O4S2. The van der Waals surface area contributed by atoms with Crippen LogP contribution < -0.4 is 0 Å². The number of nitrogens with zero attached hydrogens (tertiary/aromatic N) is 4. The minimum atomic E-state index is -3.36. The number of thiophene rings is 1. The van der Waals surface area contributed by atoms with Crippen molar-refractivity contribution in [2.75, 3.05) is 32.9 Å². The van der Waals surface area contributed by atoms with Crippen LogP contribution in [0.3, 0.4) is 0 Å². The molecule has 3 heterocycles. The minimum Gasteiger partial charge on any atom is -0.341 e. The van der Waals surface area contributed by atoms with Crippen LogP contribution in [0.15, 0.2) is 21.3 Å². The Morgan fingerprint density at radius 2 is 2.31 bits per heavy atom. The van der Waals surface area contributed by atoms with Crippen LogP contribution in [-0.2, 0) is 21.2 Å². The number of sulfonamides is 1. The van der Waals surface area contributed by atoms with E-state index >= 15 is 0 Å². The van der Waals surface area contributed by atoms with Gasteiger partial charge in [0.2, 0.25) is 27.6 Å². The van der Waals surface area contributed by atoms with Crippen LogP contribution in [-0.4, -0.2) is 66.6 Å². The van der Waals surface area contributed by atoms with E-state index in [0.29, 0.717) is 31.2 Å². The fraction of sp³-hybridized carbons (Fsp3) is 0.562. The van der Waals surface area contributed by atoms with Gasteiger partial charge in [0.15, 0.2) is 0 Å². The third kappa shape index (κ3) is 4.68. The molecule has 0 spiro atoms. The fourth-order valence-electron chi connectivity index (χ4n) is 2.96. The zero-order valence-electron chi connectivity index (χ0n) is 14.8. The molecule has 0 aliphatic carbocycles. The third-order valence-electron chi connectivity index (χ3n) is 4.51. The Labute approximate surface area is 156 Å². The van der Waals surface area contributed by atoms with E-state index in [1.165, 1.54) is 7.05 Å². The maximum absolute atomic E-state index is 12.4. The first kappa shape index (κ1) is 19.0. The summed E-state index contributed by atoms with van der Waals surface area (Å²) in [6.07, 6.45) is 3.56. The summed E-state index contributed by atoms with van der Waals surface area (Å²) in [7, 11) is -1.95. The molecule has 1 atom stereocenters. The lowest BCUT2D eigenvalue weighted by atomic mass is 9.94. The SMILES string of the molecule is CN(CC(=O)N1CCCC(Cc2nc(-c3ccsc3)no2)C1)S(C)(=O)=O. The van der Waals surface area contributed by atoms with Crippen molar-refractivity contribution in [3.8, 4) is 11.4 Å². The van der Waals surface area contributed by atoms with E-state index in [0.717, 1.165) is 29.0 Å². The van der Waals surface area contributed by atoms with Gasteiger partial charge in [0.05, 0.1) is 12.8 Å². The number of piperidine rings is 1. The molecule has 2 aromatic rings. The number of hydrogen-bond donors (Lipinski definition) is 0. The van der Waals surface area contributed by atoms with Crippen molar-refractivity contribution in [3.05, 3.63) is 22.7 Å². The second-order valence-corrected chi connectivity index (χ2v) is 9.46. The highest BCUT2D eigenvalue weighted by atomic mass is 32.2. The van der Waals surface area contributed by atoms with Gasteiger partial charge < -0.3 is 9.42 Å². The van der Waals surface area contributed by atoms with Crippen molar-refractivity contribution in [1.82, 2.24) is 19.3 Å². The monoisotopic (exact) mass is 398 g/mol. The second kappa shape index (κ2) is 7.85. The summed E-state index contributed by atoms with van der Waals surface area (Å²) in [5.41, 5.74) is 0.939. The number of rotatable bonds is 6. The first-order valence-corrected chi connectivity index (χ1v) is 11.2.